The minimum atomic E-state index is -3.72. The van der Waals surface area contributed by atoms with Crippen molar-refractivity contribution in [3.63, 3.8) is 0 Å². The first-order chi connectivity index (χ1) is 8.88. The molecule has 1 rings (SSSR count). The van der Waals surface area contributed by atoms with Gasteiger partial charge in [-0.15, -0.1) is 0 Å². The second-order valence-electron chi connectivity index (χ2n) is 3.81. The molecule has 19 heavy (non-hydrogen) atoms. The number of halogens is 1. The van der Waals surface area contributed by atoms with Crippen LogP contribution in [0, 0.1) is 0 Å². The SMILES string of the molecule is CNCCCNS(=O)(=O)c1cc(C(=O)O)ccc1Br. The Hall–Kier alpha value is -0.960. The van der Waals surface area contributed by atoms with Crippen molar-refractivity contribution in [1.82, 2.24) is 10.0 Å². The molecule has 0 atom stereocenters. The van der Waals surface area contributed by atoms with E-state index in [4.69, 9.17) is 5.11 Å². The fraction of sp³-hybridized carbons (Fsp3) is 0.364. The molecule has 3 N–H and O–H groups in total. The van der Waals surface area contributed by atoms with Gasteiger partial charge in [-0.2, -0.15) is 0 Å². The molecule has 106 valence electrons. The average molecular weight is 351 g/mol. The van der Waals surface area contributed by atoms with Crippen LogP contribution in [0.3, 0.4) is 0 Å². The topological polar surface area (TPSA) is 95.5 Å². The zero-order valence-electron chi connectivity index (χ0n) is 10.3. The van der Waals surface area contributed by atoms with Gasteiger partial charge in [0.05, 0.1) is 10.5 Å². The summed E-state index contributed by atoms with van der Waals surface area (Å²) in [5.41, 5.74) is -0.0706. The molecule has 0 aliphatic heterocycles. The Morgan fingerprint density at radius 3 is 2.63 bits per heavy atom. The van der Waals surface area contributed by atoms with Crippen LogP contribution in [0.15, 0.2) is 27.6 Å². The largest absolute Gasteiger partial charge is 0.478 e. The monoisotopic (exact) mass is 350 g/mol. The molecule has 0 heterocycles. The van der Waals surface area contributed by atoms with E-state index in [1.54, 1.807) is 7.05 Å². The maximum Gasteiger partial charge on any atom is 0.335 e. The molecule has 0 bridgehead atoms. The molecule has 6 nitrogen and oxygen atoms in total. The molecule has 0 amide bonds. The van der Waals surface area contributed by atoms with Crippen LogP contribution in [0.2, 0.25) is 0 Å². The lowest BCUT2D eigenvalue weighted by molar-refractivity contribution is 0.0696. The van der Waals surface area contributed by atoms with Crippen LogP contribution in [-0.4, -0.2) is 39.6 Å². The Morgan fingerprint density at radius 1 is 1.37 bits per heavy atom. The van der Waals surface area contributed by atoms with Crippen molar-refractivity contribution in [3.05, 3.63) is 28.2 Å². The first-order valence-corrected chi connectivity index (χ1v) is 7.83. The standard InChI is InChI=1S/C11H15BrN2O4S/c1-13-5-2-6-14-19(17,18)10-7-8(11(15)16)3-4-9(10)12/h3-4,7,13-14H,2,5-6H2,1H3,(H,15,16). The number of rotatable bonds is 7. The summed E-state index contributed by atoms with van der Waals surface area (Å²) in [6.07, 6.45) is 0.645. The van der Waals surface area contributed by atoms with Crippen LogP contribution in [0.1, 0.15) is 16.8 Å². The van der Waals surface area contributed by atoms with Crippen LogP contribution >= 0.6 is 15.9 Å². The highest BCUT2D eigenvalue weighted by molar-refractivity contribution is 9.10. The molecule has 0 unspecified atom stereocenters. The van der Waals surface area contributed by atoms with Gasteiger partial charge in [0.1, 0.15) is 0 Å². The summed E-state index contributed by atoms with van der Waals surface area (Å²) >= 11 is 3.11. The Labute approximate surface area is 120 Å². The molecule has 8 heteroatoms. The quantitative estimate of drug-likeness (QED) is 0.638. The molecule has 1 aromatic carbocycles. The average Bonchev–Trinajstić information content (AvgIpc) is 2.34. The van der Waals surface area contributed by atoms with Crippen LogP contribution in [-0.2, 0) is 10.0 Å². The van der Waals surface area contributed by atoms with E-state index in [9.17, 15) is 13.2 Å². The molecular formula is C11H15BrN2O4S. The third-order valence-electron chi connectivity index (χ3n) is 2.36. The van der Waals surface area contributed by atoms with Gasteiger partial charge in [-0.05, 0) is 54.1 Å². The number of nitrogens with one attached hydrogen (secondary N) is 2. The fourth-order valence-electron chi connectivity index (χ4n) is 1.39. The van der Waals surface area contributed by atoms with Gasteiger partial charge >= 0.3 is 5.97 Å². The minimum absolute atomic E-state index is 0.0706. The van der Waals surface area contributed by atoms with Crippen LogP contribution in [0.25, 0.3) is 0 Å². The molecule has 0 saturated heterocycles. The molecular weight excluding hydrogens is 336 g/mol. The summed E-state index contributed by atoms with van der Waals surface area (Å²) < 4.78 is 26.8. The third-order valence-corrected chi connectivity index (χ3v) is 4.82. The first-order valence-electron chi connectivity index (χ1n) is 5.55. The first kappa shape index (κ1) is 16.1. The zero-order chi connectivity index (χ0) is 14.5. The maximum absolute atomic E-state index is 12.0. The van der Waals surface area contributed by atoms with E-state index in [1.807, 2.05) is 0 Å². The zero-order valence-corrected chi connectivity index (χ0v) is 12.7. The van der Waals surface area contributed by atoms with Crippen molar-refractivity contribution in [2.75, 3.05) is 20.1 Å². The smallest absolute Gasteiger partial charge is 0.335 e. The number of carboxylic acid groups (broad SMARTS) is 1. The van der Waals surface area contributed by atoms with Crippen molar-refractivity contribution >= 4 is 31.9 Å². The molecule has 0 aromatic heterocycles. The van der Waals surface area contributed by atoms with Crippen LogP contribution in [0.5, 0.6) is 0 Å². The second-order valence-corrected chi connectivity index (χ2v) is 6.39. The normalized spacial score (nSPS) is 11.5. The van der Waals surface area contributed by atoms with Crippen molar-refractivity contribution in [2.45, 2.75) is 11.3 Å². The van der Waals surface area contributed by atoms with Crippen molar-refractivity contribution in [3.8, 4) is 0 Å². The Bertz CT molecular complexity index is 560. The number of sulfonamides is 1. The van der Waals surface area contributed by atoms with Gasteiger partial charge in [-0.1, -0.05) is 0 Å². The Kier molecular flexibility index (Phi) is 5.92. The lowest BCUT2D eigenvalue weighted by Crippen LogP contribution is -2.27. The van der Waals surface area contributed by atoms with Gasteiger partial charge in [-0.25, -0.2) is 17.9 Å². The summed E-state index contributed by atoms with van der Waals surface area (Å²) in [5.74, 6) is -1.17. The van der Waals surface area contributed by atoms with Gasteiger partial charge in [0.15, 0.2) is 0 Å². The molecule has 1 aromatic rings. The van der Waals surface area contributed by atoms with E-state index in [0.717, 1.165) is 6.07 Å². The maximum atomic E-state index is 12.0. The van der Waals surface area contributed by atoms with Crippen molar-refractivity contribution < 1.29 is 18.3 Å². The number of benzene rings is 1. The van der Waals surface area contributed by atoms with Crippen molar-refractivity contribution in [2.24, 2.45) is 0 Å². The van der Waals surface area contributed by atoms with E-state index >= 15 is 0 Å². The molecule has 0 aliphatic rings. The summed E-state index contributed by atoms with van der Waals surface area (Å²) in [6.45, 7) is 0.978. The minimum Gasteiger partial charge on any atom is -0.478 e. The third kappa shape index (κ3) is 4.57. The van der Waals surface area contributed by atoms with Gasteiger partial charge in [-0.3, -0.25) is 0 Å². The van der Waals surface area contributed by atoms with E-state index < -0.39 is 16.0 Å². The predicted octanol–water partition coefficient (Wildman–Crippen LogP) is 1.04. The van der Waals surface area contributed by atoms with Gasteiger partial charge < -0.3 is 10.4 Å². The highest BCUT2D eigenvalue weighted by atomic mass is 79.9. The molecule has 0 saturated carbocycles. The van der Waals surface area contributed by atoms with Gasteiger partial charge in [0.2, 0.25) is 10.0 Å². The van der Waals surface area contributed by atoms with E-state index in [-0.39, 0.29) is 17.0 Å². The highest BCUT2D eigenvalue weighted by Crippen LogP contribution is 2.23. The second kappa shape index (κ2) is 6.99. The number of hydrogen-bond donors (Lipinski definition) is 3. The number of hydrogen-bond acceptors (Lipinski definition) is 4. The summed E-state index contributed by atoms with van der Waals surface area (Å²) in [4.78, 5) is 10.8. The number of aromatic carboxylic acids is 1. The van der Waals surface area contributed by atoms with Crippen LogP contribution in [0.4, 0.5) is 0 Å². The number of carboxylic acids is 1. The van der Waals surface area contributed by atoms with E-state index in [1.165, 1.54) is 12.1 Å². The summed E-state index contributed by atoms with van der Waals surface area (Å²) in [6, 6.07) is 3.88. The Balaban J connectivity index is 2.94. The summed E-state index contributed by atoms with van der Waals surface area (Å²) in [5, 5.41) is 11.8. The lowest BCUT2D eigenvalue weighted by atomic mass is 10.2. The fourth-order valence-corrected chi connectivity index (χ4v) is 3.45. The summed E-state index contributed by atoms with van der Waals surface area (Å²) in [7, 11) is -1.94. The highest BCUT2D eigenvalue weighted by Gasteiger charge is 2.19. The number of carbonyl (C=O) groups is 1. The van der Waals surface area contributed by atoms with Gasteiger partial charge in [0.25, 0.3) is 0 Å². The molecule has 0 radical (unpaired) electrons. The lowest BCUT2D eigenvalue weighted by Gasteiger charge is -2.09. The Morgan fingerprint density at radius 2 is 2.05 bits per heavy atom. The molecule has 0 aliphatic carbocycles. The van der Waals surface area contributed by atoms with E-state index in [0.29, 0.717) is 17.4 Å². The molecule has 0 spiro atoms. The predicted molar refractivity (Wildman–Crippen MR) is 74.8 cm³/mol. The molecule has 0 fully saturated rings. The van der Waals surface area contributed by atoms with Gasteiger partial charge in [0, 0.05) is 11.0 Å². The van der Waals surface area contributed by atoms with Crippen LogP contribution < -0.4 is 10.0 Å². The van der Waals surface area contributed by atoms with Crippen molar-refractivity contribution in [1.29, 1.82) is 0 Å². The van der Waals surface area contributed by atoms with E-state index in [2.05, 4.69) is 26.0 Å².